The molecule has 0 spiro atoms. The number of methoxy groups -OCH3 is 1. The lowest BCUT2D eigenvalue weighted by Crippen LogP contribution is -2.67. The number of rotatable bonds is 10. The molecule has 0 aliphatic carbocycles. The Balaban J connectivity index is 3.70. The number of ether oxygens (including phenoxy) is 6. The molecule has 0 radical (unpaired) electrons. The van der Waals surface area contributed by atoms with E-state index >= 15 is 0 Å². The van der Waals surface area contributed by atoms with Crippen molar-refractivity contribution in [1.82, 2.24) is 5.32 Å². The van der Waals surface area contributed by atoms with Crippen LogP contribution in [0.1, 0.15) is 34.6 Å². The van der Waals surface area contributed by atoms with Crippen LogP contribution in [-0.2, 0) is 57.2 Å². The number of esters is 5. The SMILES string of the molecule is COC(=O)C1=C[C@](O)(COC(C)=O)[C@@H](NC(C)=O)[C@H]([C@H](OC(C)=O)[C@@H](COC(C)=O)OC(C)=O)O1. The van der Waals surface area contributed by atoms with Crippen molar-refractivity contribution in [3.63, 3.8) is 0 Å². The highest BCUT2D eigenvalue weighted by Crippen LogP contribution is 2.32. The highest BCUT2D eigenvalue weighted by molar-refractivity contribution is 5.87. The first-order chi connectivity index (χ1) is 16.2. The minimum absolute atomic E-state index is 0.583. The van der Waals surface area contributed by atoms with E-state index in [1.807, 2.05) is 0 Å². The smallest absolute Gasteiger partial charge is 0.373 e. The van der Waals surface area contributed by atoms with Gasteiger partial charge in [-0.1, -0.05) is 0 Å². The van der Waals surface area contributed by atoms with E-state index in [2.05, 4.69) is 10.1 Å². The molecule has 1 aliphatic heterocycles. The zero-order valence-electron chi connectivity index (χ0n) is 20.1. The molecule has 0 saturated heterocycles. The highest BCUT2D eigenvalue weighted by Gasteiger charge is 2.54. The Bertz CT molecular complexity index is 882. The second kappa shape index (κ2) is 12.7. The summed E-state index contributed by atoms with van der Waals surface area (Å²) in [5, 5.41) is 13.8. The average molecular weight is 503 g/mol. The van der Waals surface area contributed by atoms with E-state index in [9.17, 15) is 33.9 Å². The van der Waals surface area contributed by atoms with E-state index < -0.39 is 84.7 Å². The summed E-state index contributed by atoms with van der Waals surface area (Å²) in [6.07, 6.45) is -3.92. The van der Waals surface area contributed by atoms with Gasteiger partial charge >= 0.3 is 29.8 Å². The van der Waals surface area contributed by atoms with E-state index in [1.54, 1.807) is 0 Å². The first-order valence-corrected chi connectivity index (χ1v) is 10.3. The van der Waals surface area contributed by atoms with Crippen molar-refractivity contribution in [2.75, 3.05) is 20.3 Å². The number of amides is 1. The van der Waals surface area contributed by atoms with Crippen LogP contribution >= 0.6 is 0 Å². The molecule has 0 unspecified atom stereocenters. The second-order valence-electron chi connectivity index (χ2n) is 7.56. The van der Waals surface area contributed by atoms with E-state index in [1.165, 1.54) is 0 Å². The molecule has 1 aliphatic rings. The fourth-order valence-corrected chi connectivity index (χ4v) is 3.24. The predicted molar refractivity (Wildman–Crippen MR) is 112 cm³/mol. The van der Waals surface area contributed by atoms with Crippen LogP contribution in [0.15, 0.2) is 11.8 Å². The molecule has 0 aromatic rings. The minimum atomic E-state index is -2.29. The molecule has 14 nitrogen and oxygen atoms in total. The summed E-state index contributed by atoms with van der Waals surface area (Å²) in [5.74, 6) is -5.65. The summed E-state index contributed by atoms with van der Waals surface area (Å²) in [6, 6.07) is -1.53. The van der Waals surface area contributed by atoms with Gasteiger partial charge in [0.2, 0.25) is 11.7 Å². The number of hydrogen-bond donors (Lipinski definition) is 2. The van der Waals surface area contributed by atoms with Crippen molar-refractivity contribution in [3.05, 3.63) is 11.8 Å². The molecule has 5 atom stereocenters. The maximum atomic E-state index is 12.3. The van der Waals surface area contributed by atoms with Gasteiger partial charge < -0.3 is 38.8 Å². The van der Waals surface area contributed by atoms with Gasteiger partial charge in [-0.15, -0.1) is 0 Å². The van der Waals surface area contributed by atoms with Gasteiger partial charge in [0.1, 0.15) is 24.9 Å². The third-order valence-electron chi connectivity index (χ3n) is 4.52. The van der Waals surface area contributed by atoms with Crippen LogP contribution in [0.5, 0.6) is 0 Å². The van der Waals surface area contributed by atoms with Crippen molar-refractivity contribution in [2.24, 2.45) is 0 Å². The number of hydrogen-bond acceptors (Lipinski definition) is 13. The summed E-state index contributed by atoms with van der Waals surface area (Å²) in [6.45, 7) is 3.93. The van der Waals surface area contributed by atoms with Gasteiger partial charge in [0.15, 0.2) is 18.3 Å². The quantitative estimate of drug-likeness (QED) is 0.263. The fourth-order valence-electron chi connectivity index (χ4n) is 3.24. The Morgan fingerprint density at radius 1 is 0.971 bits per heavy atom. The maximum absolute atomic E-state index is 12.3. The molecule has 1 rings (SSSR count). The summed E-state index contributed by atoms with van der Waals surface area (Å²) in [7, 11) is 1.03. The molecule has 14 heteroatoms. The summed E-state index contributed by atoms with van der Waals surface area (Å²) in [5.41, 5.74) is -2.29. The Morgan fingerprint density at radius 3 is 2.00 bits per heavy atom. The molecule has 0 aromatic carbocycles. The molecular formula is C21H29NO13. The van der Waals surface area contributed by atoms with Crippen LogP contribution in [0.3, 0.4) is 0 Å². The van der Waals surface area contributed by atoms with E-state index in [0.717, 1.165) is 47.8 Å². The summed E-state index contributed by atoms with van der Waals surface area (Å²) < 4.78 is 30.6. The van der Waals surface area contributed by atoms with Crippen molar-refractivity contribution < 1.29 is 62.3 Å². The number of aliphatic hydroxyl groups is 1. The topological polar surface area (TPSA) is 190 Å². The minimum Gasteiger partial charge on any atom is -0.477 e. The zero-order chi connectivity index (χ0) is 26.9. The van der Waals surface area contributed by atoms with Gasteiger partial charge in [0, 0.05) is 40.7 Å². The zero-order valence-corrected chi connectivity index (χ0v) is 20.1. The van der Waals surface area contributed by atoms with Gasteiger partial charge in [-0.3, -0.25) is 24.0 Å². The Labute approximate surface area is 200 Å². The fraction of sp³-hybridized carbons (Fsp3) is 0.619. The molecule has 1 heterocycles. The van der Waals surface area contributed by atoms with E-state index in [-0.39, 0.29) is 0 Å². The Kier molecular flexibility index (Phi) is 10.6. The van der Waals surface area contributed by atoms with Crippen molar-refractivity contribution in [3.8, 4) is 0 Å². The largest absolute Gasteiger partial charge is 0.477 e. The van der Waals surface area contributed by atoms with Crippen LogP contribution in [0.4, 0.5) is 0 Å². The standard InChI is InChI=1S/C21H29NO13/c1-10(23)22-19-18(17(34-14(5)27)16(33-13(4)26)8-31-11(2)24)35-15(20(28)30-6)7-21(19,29)9-32-12(3)25/h7,16-19,29H,8-9H2,1-6H3,(H,22,23)/t16-,17-,18+,19+,21+/m1/s1. The third-order valence-corrected chi connectivity index (χ3v) is 4.52. The first kappa shape index (κ1) is 29.4. The molecule has 196 valence electrons. The molecule has 0 bridgehead atoms. The van der Waals surface area contributed by atoms with E-state index in [0.29, 0.717) is 0 Å². The number of carbonyl (C=O) groups is 6. The molecule has 0 aromatic heterocycles. The van der Waals surface area contributed by atoms with Gasteiger partial charge in [-0.2, -0.15) is 0 Å². The highest BCUT2D eigenvalue weighted by atomic mass is 16.6. The van der Waals surface area contributed by atoms with Gasteiger partial charge in [0.25, 0.3) is 0 Å². The molecule has 2 N–H and O–H groups in total. The summed E-state index contributed by atoms with van der Waals surface area (Å²) >= 11 is 0. The second-order valence-corrected chi connectivity index (χ2v) is 7.56. The number of carbonyl (C=O) groups excluding carboxylic acids is 6. The first-order valence-electron chi connectivity index (χ1n) is 10.3. The lowest BCUT2D eigenvalue weighted by molar-refractivity contribution is -0.196. The Morgan fingerprint density at radius 2 is 1.54 bits per heavy atom. The van der Waals surface area contributed by atoms with Gasteiger partial charge in [-0.05, 0) is 0 Å². The average Bonchev–Trinajstić information content (AvgIpc) is 2.73. The molecule has 0 fully saturated rings. The van der Waals surface area contributed by atoms with Crippen molar-refractivity contribution in [1.29, 1.82) is 0 Å². The van der Waals surface area contributed by atoms with Crippen LogP contribution in [0, 0.1) is 0 Å². The third kappa shape index (κ3) is 8.88. The number of nitrogens with one attached hydrogen (secondary N) is 1. The van der Waals surface area contributed by atoms with E-state index in [4.69, 9.17) is 23.7 Å². The maximum Gasteiger partial charge on any atom is 0.373 e. The molecular weight excluding hydrogens is 474 g/mol. The predicted octanol–water partition coefficient (Wildman–Crippen LogP) is -1.33. The van der Waals surface area contributed by atoms with Crippen molar-refractivity contribution in [2.45, 2.75) is 64.6 Å². The normalized spacial score (nSPS) is 22.8. The van der Waals surface area contributed by atoms with Crippen LogP contribution in [0.2, 0.25) is 0 Å². The molecule has 0 saturated carbocycles. The Hall–Kier alpha value is -3.68. The monoisotopic (exact) mass is 503 g/mol. The molecule has 1 amide bonds. The lowest BCUT2D eigenvalue weighted by atomic mass is 9.83. The lowest BCUT2D eigenvalue weighted by Gasteiger charge is -2.45. The van der Waals surface area contributed by atoms with Gasteiger partial charge in [0.05, 0.1) is 7.11 Å². The van der Waals surface area contributed by atoms with Crippen LogP contribution < -0.4 is 5.32 Å². The van der Waals surface area contributed by atoms with Crippen LogP contribution in [-0.4, -0.2) is 91.1 Å². The van der Waals surface area contributed by atoms with Crippen molar-refractivity contribution >= 4 is 35.8 Å². The van der Waals surface area contributed by atoms with Gasteiger partial charge in [-0.25, -0.2) is 4.79 Å². The molecule has 35 heavy (non-hydrogen) atoms. The van der Waals surface area contributed by atoms with Crippen LogP contribution in [0.25, 0.3) is 0 Å². The summed E-state index contributed by atoms with van der Waals surface area (Å²) in [4.78, 5) is 70.8.